The lowest BCUT2D eigenvalue weighted by atomic mass is 10.2. The first-order chi connectivity index (χ1) is 5.85. The van der Waals surface area contributed by atoms with Gasteiger partial charge in [-0.1, -0.05) is 0 Å². The van der Waals surface area contributed by atoms with Gasteiger partial charge in [0.15, 0.2) is 0 Å². The summed E-state index contributed by atoms with van der Waals surface area (Å²) in [4.78, 5) is 0. The van der Waals surface area contributed by atoms with Gasteiger partial charge in [0.2, 0.25) is 0 Å². The summed E-state index contributed by atoms with van der Waals surface area (Å²) in [6.07, 6.45) is 2.22. The van der Waals surface area contributed by atoms with Crippen molar-refractivity contribution in [3.8, 4) is 0 Å². The summed E-state index contributed by atoms with van der Waals surface area (Å²) in [6, 6.07) is 0.468. The van der Waals surface area contributed by atoms with Crippen molar-refractivity contribution in [1.82, 2.24) is 5.32 Å². The molecule has 0 spiro atoms. The Bertz CT molecular complexity index is 88.6. The van der Waals surface area contributed by atoms with Crippen LogP contribution in [0.1, 0.15) is 19.8 Å². The zero-order chi connectivity index (χ0) is 9.23. The lowest BCUT2D eigenvalue weighted by Gasteiger charge is -2.14. The third kappa shape index (κ3) is 6.58. The smallest absolute Gasteiger partial charge is 0.0615 e. The molecule has 0 fully saturated rings. The molecule has 0 saturated carbocycles. The van der Waals surface area contributed by atoms with Gasteiger partial charge in [-0.25, -0.2) is 0 Å². The Labute approximate surface area is 75.4 Å². The summed E-state index contributed by atoms with van der Waals surface area (Å²) in [6.45, 7) is 4.47. The second-order valence-corrected chi connectivity index (χ2v) is 2.78. The molecule has 0 radical (unpaired) electrons. The molecule has 0 bridgehead atoms. The first-order valence-electron chi connectivity index (χ1n) is 4.59. The summed E-state index contributed by atoms with van der Waals surface area (Å²) in [5.74, 6) is 0. The molecule has 0 aliphatic rings. The van der Waals surface area contributed by atoms with Crippen LogP contribution in [0.25, 0.3) is 0 Å². The number of nitrogens with one attached hydrogen (secondary N) is 1. The van der Waals surface area contributed by atoms with Crippen LogP contribution < -0.4 is 5.32 Å². The van der Waals surface area contributed by atoms with E-state index in [0.29, 0.717) is 6.04 Å². The normalized spacial score (nSPS) is 13.2. The summed E-state index contributed by atoms with van der Waals surface area (Å²) >= 11 is 0. The van der Waals surface area contributed by atoms with Crippen LogP contribution in [0.3, 0.4) is 0 Å². The van der Waals surface area contributed by atoms with E-state index < -0.39 is 0 Å². The summed E-state index contributed by atoms with van der Waals surface area (Å²) < 4.78 is 10.3. The maximum Gasteiger partial charge on any atom is 0.0615 e. The van der Waals surface area contributed by atoms with E-state index >= 15 is 0 Å². The Kier molecular flexibility index (Phi) is 8.88. The van der Waals surface area contributed by atoms with E-state index in [1.807, 2.05) is 14.0 Å². The SMILES string of the molecule is CCOCCCC(COC)NC. The monoisotopic (exact) mass is 175 g/mol. The average molecular weight is 175 g/mol. The van der Waals surface area contributed by atoms with Crippen LogP contribution in [-0.4, -0.2) is 40.0 Å². The van der Waals surface area contributed by atoms with Gasteiger partial charge in [0.05, 0.1) is 6.61 Å². The van der Waals surface area contributed by atoms with E-state index in [9.17, 15) is 0 Å². The van der Waals surface area contributed by atoms with E-state index in [0.717, 1.165) is 32.7 Å². The summed E-state index contributed by atoms with van der Waals surface area (Å²) in [5, 5.41) is 3.20. The predicted molar refractivity (Wildman–Crippen MR) is 50.5 cm³/mol. The number of hydrogen-bond acceptors (Lipinski definition) is 3. The molecule has 3 nitrogen and oxygen atoms in total. The van der Waals surface area contributed by atoms with Crippen molar-refractivity contribution in [3.05, 3.63) is 0 Å². The van der Waals surface area contributed by atoms with Crippen LogP contribution in [0.2, 0.25) is 0 Å². The third-order valence-corrected chi connectivity index (χ3v) is 1.82. The highest BCUT2D eigenvalue weighted by molar-refractivity contribution is 4.62. The van der Waals surface area contributed by atoms with Gasteiger partial charge < -0.3 is 14.8 Å². The fraction of sp³-hybridized carbons (Fsp3) is 1.00. The molecule has 0 aromatic heterocycles. The quantitative estimate of drug-likeness (QED) is 0.559. The van der Waals surface area contributed by atoms with Crippen molar-refractivity contribution >= 4 is 0 Å². The maximum absolute atomic E-state index is 5.24. The van der Waals surface area contributed by atoms with Gasteiger partial charge >= 0.3 is 0 Å². The molecule has 0 aliphatic heterocycles. The van der Waals surface area contributed by atoms with Gasteiger partial charge in [0, 0.05) is 26.4 Å². The van der Waals surface area contributed by atoms with Crippen LogP contribution >= 0.6 is 0 Å². The molecule has 0 saturated heterocycles. The highest BCUT2D eigenvalue weighted by Gasteiger charge is 2.03. The Hall–Kier alpha value is -0.120. The highest BCUT2D eigenvalue weighted by atomic mass is 16.5. The molecule has 0 heterocycles. The second kappa shape index (κ2) is 8.97. The molecule has 0 amide bonds. The molecule has 0 aromatic carbocycles. The number of likely N-dealkylation sites (N-methyl/N-ethyl adjacent to an activating group) is 1. The minimum absolute atomic E-state index is 0.468. The summed E-state index contributed by atoms with van der Waals surface area (Å²) in [7, 11) is 3.69. The van der Waals surface area contributed by atoms with Crippen molar-refractivity contribution in [2.24, 2.45) is 0 Å². The molecule has 1 unspecified atom stereocenters. The van der Waals surface area contributed by atoms with E-state index in [2.05, 4.69) is 5.32 Å². The number of rotatable bonds is 8. The van der Waals surface area contributed by atoms with Crippen molar-refractivity contribution in [2.75, 3.05) is 34.0 Å². The van der Waals surface area contributed by atoms with E-state index in [4.69, 9.17) is 9.47 Å². The lowest BCUT2D eigenvalue weighted by Crippen LogP contribution is -2.30. The molecule has 1 atom stereocenters. The third-order valence-electron chi connectivity index (χ3n) is 1.82. The molecule has 3 heteroatoms. The standard InChI is InChI=1S/C9H21NO2/c1-4-12-7-5-6-9(10-2)8-11-3/h9-10H,4-8H2,1-3H3. The molecule has 1 N–H and O–H groups in total. The van der Waals surface area contributed by atoms with Crippen LogP contribution in [0.15, 0.2) is 0 Å². The van der Waals surface area contributed by atoms with Gasteiger partial charge in [-0.2, -0.15) is 0 Å². The lowest BCUT2D eigenvalue weighted by molar-refractivity contribution is 0.129. The minimum atomic E-state index is 0.468. The number of methoxy groups -OCH3 is 1. The van der Waals surface area contributed by atoms with Gasteiger partial charge in [-0.05, 0) is 26.8 Å². The van der Waals surface area contributed by atoms with E-state index in [1.54, 1.807) is 7.11 Å². The van der Waals surface area contributed by atoms with Crippen molar-refractivity contribution in [3.63, 3.8) is 0 Å². The first kappa shape index (κ1) is 11.9. The fourth-order valence-corrected chi connectivity index (χ4v) is 1.09. The van der Waals surface area contributed by atoms with Crippen LogP contribution in [0.4, 0.5) is 0 Å². The Morgan fingerprint density at radius 2 is 2.17 bits per heavy atom. The zero-order valence-corrected chi connectivity index (χ0v) is 8.43. The molecule has 0 aromatic rings. The molecular formula is C9H21NO2. The van der Waals surface area contributed by atoms with Crippen molar-refractivity contribution < 1.29 is 9.47 Å². The predicted octanol–water partition coefficient (Wildman–Crippen LogP) is 1.04. The number of hydrogen-bond donors (Lipinski definition) is 1. The summed E-state index contributed by atoms with van der Waals surface area (Å²) in [5.41, 5.74) is 0. The fourth-order valence-electron chi connectivity index (χ4n) is 1.09. The highest BCUT2D eigenvalue weighted by Crippen LogP contribution is 1.97. The van der Waals surface area contributed by atoms with Gasteiger partial charge in [0.1, 0.15) is 0 Å². The maximum atomic E-state index is 5.24. The molecular weight excluding hydrogens is 154 g/mol. The van der Waals surface area contributed by atoms with Gasteiger partial charge in [-0.3, -0.25) is 0 Å². The Balaban J connectivity index is 3.19. The Morgan fingerprint density at radius 1 is 1.42 bits per heavy atom. The number of ether oxygens (including phenoxy) is 2. The largest absolute Gasteiger partial charge is 0.383 e. The molecule has 0 rings (SSSR count). The van der Waals surface area contributed by atoms with Crippen molar-refractivity contribution in [1.29, 1.82) is 0 Å². The average Bonchev–Trinajstić information content (AvgIpc) is 2.10. The van der Waals surface area contributed by atoms with Crippen LogP contribution in [0.5, 0.6) is 0 Å². The second-order valence-electron chi connectivity index (χ2n) is 2.78. The van der Waals surface area contributed by atoms with Crippen molar-refractivity contribution in [2.45, 2.75) is 25.8 Å². The van der Waals surface area contributed by atoms with E-state index in [1.165, 1.54) is 0 Å². The van der Waals surface area contributed by atoms with Crippen LogP contribution in [-0.2, 0) is 9.47 Å². The van der Waals surface area contributed by atoms with Gasteiger partial charge in [0.25, 0.3) is 0 Å². The van der Waals surface area contributed by atoms with Crippen LogP contribution in [0, 0.1) is 0 Å². The first-order valence-corrected chi connectivity index (χ1v) is 4.59. The molecule has 74 valence electrons. The van der Waals surface area contributed by atoms with E-state index in [-0.39, 0.29) is 0 Å². The zero-order valence-electron chi connectivity index (χ0n) is 8.43. The molecule has 0 aliphatic carbocycles. The Morgan fingerprint density at radius 3 is 2.67 bits per heavy atom. The van der Waals surface area contributed by atoms with Gasteiger partial charge in [-0.15, -0.1) is 0 Å². The molecule has 12 heavy (non-hydrogen) atoms. The minimum Gasteiger partial charge on any atom is -0.383 e. The topological polar surface area (TPSA) is 30.5 Å².